The first-order chi connectivity index (χ1) is 8.09. The Labute approximate surface area is 107 Å². The average Bonchev–Trinajstić information content (AvgIpc) is 2.33. The lowest BCUT2D eigenvalue weighted by atomic mass is 10.1. The normalized spacial score (nSPS) is 12.5. The molecular formula is C12H11BrFN3. The SMILES string of the molecule is Cc1cnc(C(N)c2cccc(Br)c2F)nc1. The summed E-state index contributed by atoms with van der Waals surface area (Å²) in [7, 11) is 0. The molecule has 0 aliphatic rings. The molecule has 88 valence electrons. The summed E-state index contributed by atoms with van der Waals surface area (Å²) in [6, 6.07) is 4.33. The third-order valence-electron chi connectivity index (χ3n) is 2.40. The third-order valence-corrected chi connectivity index (χ3v) is 3.01. The fourth-order valence-electron chi connectivity index (χ4n) is 1.46. The minimum atomic E-state index is -0.659. The van der Waals surface area contributed by atoms with E-state index in [1.54, 1.807) is 30.6 Å². The topological polar surface area (TPSA) is 51.8 Å². The van der Waals surface area contributed by atoms with Crippen molar-refractivity contribution in [2.75, 3.05) is 0 Å². The molecule has 1 unspecified atom stereocenters. The van der Waals surface area contributed by atoms with E-state index in [0.29, 0.717) is 15.9 Å². The van der Waals surface area contributed by atoms with Crippen LogP contribution in [0.25, 0.3) is 0 Å². The molecule has 0 fully saturated rings. The van der Waals surface area contributed by atoms with Crippen LogP contribution in [0.2, 0.25) is 0 Å². The first-order valence-corrected chi connectivity index (χ1v) is 5.87. The van der Waals surface area contributed by atoms with Gasteiger partial charge in [0.1, 0.15) is 11.6 Å². The van der Waals surface area contributed by atoms with Gasteiger partial charge in [-0.1, -0.05) is 12.1 Å². The van der Waals surface area contributed by atoms with Gasteiger partial charge in [0, 0.05) is 18.0 Å². The van der Waals surface area contributed by atoms with Crippen LogP contribution >= 0.6 is 15.9 Å². The average molecular weight is 296 g/mol. The highest BCUT2D eigenvalue weighted by Crippen LogP contribution is 2.24. The number of nitrogens with zero attached hydrogens (tertiary/aromatic N) is 2. The minimum absolute atomic E-state index is 0.371. The maximum absolute atomic E-state index is 13.8. The van der Waals surface area contributed by atoms with Crippen LogP contribution in [-0.2, 0) is 0 Å². The number of halogens is 2. The van der Waals surface area contributed by atoms with Crippen LogP contribution in [0.5, 0.6) is 0 Å². The van der Waals surface area contributed by atoms with Crippen molar-refractivity contribution in [3.8, 4) is 0 Å². The molecule has 2 aromatic rings. The van der Waals surface area contributed by atoms with Gasteiger partial charge >= 0.3 is 0 Å². The minimum Gasteiger partial charge on any atom is -0.318 e. The van der Waals surface area contributed by atoms with Gasteiger partial charge in [-0.2, -0.15) is 0 Å². The Balaban J connectivity index is 2.40. The number of hydrogen-bond acceptors (Lipinski definition) is 3. The van der Waals surface area contributed by atoms with Crippen molar-refractivity contribution in [2.24, 2.45) is 5.73 Å². The van der Waals surface area contributed by atoms with E-state index in [2.05, 4.69) is 25.9 Å². The highest BCUT2D eigenvalue weighted by atomic mass is 79.9. The maximum Gasteiger partial charge on any atom is 0.149 e. The molecule has 5 heteroatoms. The first kappa shape index (κ1) is 12.1. The summed E-state index contributed by atoms with van der Waals surface area (Å²) in [6.45, 7) is 1.88. The van der Waals surface area contributed by atoms with Crippen molar-refractivity contribution in [1.29, 1.82) is 0 Å². The molecule has 17 heavy (non-hydrogen) atoms. The van der Waals surface area contributed by atoms with E-state index in [-0.39, 0.29) is 5.82 Å². The van der Waals surface area contributed by atoms with Gasteiger partial charge in [-0.3, -0.25) is 0 Å². The summed E-state index contributed by atoms with van der Waals surface area (Å²) >= 11 is 3.13. The standard InChI is InChI=1S/C12H11BrFN3/c1-7-5-16-12(17-6-7)11(15)8-3-2-4-9(13)10(8)14/h2-6,11H,15H2,1H3. The Morgan fingerprint density at radius 2 is 1.94 bits per heavy atom. The Morgan fingerprint density at radius 3 is 2.59 bits per heavy atom. The van der Waals surface area contributed by atoms with E-state index in [4.69, 9.17) is 5.73 Å². The highest BCUT2D eigenvalue weighted by molar-refractivity contribution is 9.10. The molecule has 1 aromatic heterocycles. The Bertz CT molecular complexity index is 528. The number of aryl methyl sites for hydroxylation is 1. The molecule has 1 heterocycles. The first-order valence-electron chi connectivity index (χ1n) is 5.07. The predicted molar refractivity (Wildman–Crippen MR) is 66.9 cm³/mol. The van der Waals surface area contributed by atoms with Crippen LogP contribution in [0.15, 0.2) is 35.1 Å². The zero-order valence-electron chi connectivity index (χ0n) is 9.19. The van der Waals surface area contributed by atoms with Gasteiger partial charge < -0.3 is 5.73 Å². The van der Waals surface area contributed by atoms with Crippen LogP contribution in [0.3, 0.4) is 0 Å². The number of aromatic nitrogens is 2. The van der Waals surface area contributed by atoms with E-state index < -0.39 is 6.04 Å². The van der Waals surface area contributed by atoms with Crippen molar-refractivity contribution in [1.82, 2.24) is 9.97 Å². The van der Waals surface area contributed by atoms with E-state index in [9.17, 15) is 4.39 Å². The monoisotopic (exact) mass is 295 g/mol. The summed E-state index contributed by atoms with van der Waals surface area (Å²) in [5.74, 6) is 0.0387. The van der Waals surface area contributed by atoms with Crippen molar-refractivity contribution < 1.29 is 4.39 Å². The Kier molecular flexibility index (Phi) is 3.49. The van der Waals surface area contributed by atoms with Crippen molar-refractivity contribution in [3.05, 3.63) is 57.8 Å². The summed E-state index contributed by atoms with van der Waals surface area (Å²) in [5.41, 5.74) is 7.27. The lowest BCUT2D eigenvalue weighted by Gasteiger charge is -2.12. The summed E-state index contributed by atoms with van der Waals surface area (Å²) < 4.78 is 14.2. The molecule has 0 saturated carbocycles. The molecule has 0 bridgehead atoms. The molecular weight excluding hydrogens is 285 g/mol. The van der Waals surface area contributed by atoms with Gasteiger partial charge in [-0.15, -0.1) is 0 Å². The largest absolute Gasteiger partial charge is 0.318 e. The van der Waals surface area contributed by atoms with E-state index in [0.717, 1.165) is 5.56 Å². The van der Waals surface area contributed by atoms with Gasteiger partial charge in [-0.05, 0) is 34.5 Å². The van der Waals surface area contributed by atoms with Crippen LogP contribution in [0, 0.1) is 12.7 Å². The molecule has 0 spiro atoms. The molecule has 0 radical (unpaired) electrons. The second-order valence-electron chi connectivity index (χ2n) is 3.74. The molecule has 0 amide bonds. The lowest BCUT2D eigenvalue weighted by Crippen LogP contribution is -2.17. The van der Waals surface area contributed by atoms with Gasteiger partial charge in [-0.25, -0.2) is 14.4 Å². The lowest BCUT2D eigenvalue weighted by molar-refractivity contribution is 0.587. The second-order valence-corrected chi connectivity index (χ2v) is 4.59. The summed E-state index contributed by atoms with van der Waals surface area (Å²) in [6.07, 6.45) is 3.33. The van der Waals surface area contributed by atoms with E-state index in [1.807, 2.05) is 6.92 Å². The quantitative estimate of drug-likeness (QED) is 0.927. The smallest absolute Gasteiger partial charge is 0.149 e. The van der Waals surface area contributed by atoms with Gasteiger partial charge in [0.2, 0.25) is 0 Å². The fourth-order valence-corrected chi connectivity index (χ4v) is 1.84. The number of hydrogen-bond donors (Lipinski definition) is 1. The second kappa shape index (κ2) is 4.89. The Morgan fingerprint density at radius 1 is 1.29 bits per heavy atom. The number of rotatable bonds is 2. The molecule has 2 N–H and O–H groups in total. The van der Waals surface area contributed by atoms with Crippen LogP contribution < -0.4 is 5.73 Å². The van der Waals surface area contributed by atoms with Gasteiger partial charge in [0.25, 0.3) is 0 Å². The highest BCUT2D eigenvalue weighted by Gasteiger charge is 2.17. The maximum atomic E-state index is 13.8. The van der Waals surface area contributed by atoms with Crippen molar-refractivity contribution >= 4 is 15.9 Å². The molecule has 1 aromatic carbocycles. The summed E-state index contributed by atoms with van der Waals surface area (Å²) in [5, 5.41) is 0. The van der Waals surface area contributed by atoms with E-state index >= 15 is 0 Å². The zero-order valence-corrected chi connectivity index (χ0v) is 10.8. The van der Waals surface area contributed by atoms with E-state index in [1.165, 1.54) is 0 Å². The molecule has 0 saturated heterocycles. The number of nitrogens with two attached hydrogens (primary N) is 1. The van der Waals surface area contributed by atoms with Gasteiger partial charge in [0.15, 0.2) is 0 Å². The van der Waals surface area contributed by atoms with Gasteiger partial charge in [0.05, 0.1) is 10.5 Å². The predicted octanol–water partition coefficient (Wildman–Crippen LogP) is 2.73. The number of benzene rings is 1. The third kappa shape index (κ3) is 2.50. The fraction of sp³-hybridized carbons (Fsp3) is 0.167. The molecule has 3 nitrogen and oxygen atoms in total. The Hall–Kier alpha value is -1.33. The molecule has 0 aliphatic heterocycles. The van der Waals surface area contributed by atoms with Crippen LogP contribution in [0.1, 0.15) is 23.0 Å². The van der Waals surface area contributed by atoms with Crippen LogP contribution in [0.4, 0.5) is 4.39 Å². The van der Waals surface area contributed by atoms with Crippen LogP contribution in [-0.4, -0.2) is 9.97 Å². The molecule has 0 aliphatic carbocycles. The molecule has 1 atom stereocenters. The summed E-state index contributed by atoms with van der Waals surface area (Å²) in [4.78, 5) is 8.21. The molecule has 2 rings (SSSR count). The van der Waals surface area contributed by atoms with Crippen molar-refractivity contribution in [3.63, 3.8) is 0 Å². The van der Waals surface area contributed by atoms with Crippen molar-refractivity contribution in [2.45, 2.75) is 13.0 Å². The zero-order chi connectivity index (χ0) is 12.4.